The second kappa shape index (κ2) is 6.10. The average molecular weight is 304 g/mol. The Hall–Kier alpha value is -0.970. The first kappa shape index (κ1) is 14.1. The molecule has 0 aliphatic carbocycles. The Kier molecular flexibility index (Phi) is 5.05. The van der Waals surface area contributed by atoms with Gasteiger partial charge in [0.25, 0.3) is 5.69 Å². The summed E-state index contributed by atoms with van der Waals surface area (Å²) in [5, 5.41) is 10.8. The molecule has 0 aromatic heterocycles. The normalized spacial score (nSPS) is 14.4. The molecule has 2 unspecified atom stereocenters. The summed E-state index contributed by atoms with van der Waals surface area (Å²) in [5.41, 5.74) is 0.464. The molecule has 3 nitrogen and oxygen atoms in total. The van der Waals surface area contributed by atoms with Crippen LogP contribution in [0.1, 0.15) is 25.8 Å². The third-order valence-corrected chi connectivity index (χ3v) is 3.64. The Labute approximate surface area is 108 Å². The van der Waals surface area contributed by atoms with Crippen molar-refractivity contribution >= 4 is 21.6 Å². The molecule has 0 heterocycles. The van der Waals surface area contributed by atoms with Gasteiger partial charge in [-0.2, -0.15) is 0 Å². The van der Waals surface area contributed by atoms with Gasteiger partial charge in [-0.1, -0.05) is 36.2 Å². The van der Waals surface area contributed by atoms with Gasteiger partial charge in [0.15, 0.2) is 0 Å². The zero-order chi connectivity index (χ0) is 13.0. The molecule has 1 aromatic carbocycles. The number of nitro groups is 1. The van der Waals surface area contributed by atoms with Gasteiger partial charge in [0, 0.05) is 16.5 Å². The van der Waals surface area contributed by atoms with Crippen LogP contribution in [0.15, 0.2) is 18.2 Å². The third-order valence-electron chi connectivity index (χ3n) is 2.89. The second-order valence-corrected chi connectivity index (χ2v) is 5.52. The average Bonchev–Trinajstić information content (AvgIpc) is 2.25. The van der Waals surface area contributed by atoms with Crippen LogP contribution in [0.5, 0.6) is 0 Å². The van der Waals surface area contributed by atoms with Crippen molar-refractivity contribution in [3.63, 3.8) is 0 Å². The molecular weight excluding hydrogens is 289 g/mol. The smallest absolute Gasteiger partial charge is 0.258 e. The largest absolute Gasteiger partial charge is 0.272 e. The number of benzene rings is 1. The zero-order valence-corrected chi connectivity index (χ0v) is 11.4. The van der Waals surface area contributed by atoms with E-state index in [1.54, 1.807) is 0 Å². The number of hydrogen-bond donors (Lipinski definition) is 0. The highest BCUT2D eigenvalue weighted by Gasteiger charge is 2.20. The molecule has 0 saturated heterocycles. The summed E-state index contributed by atoms with van der Waals surface area (Å²) in [6.45, 7) is 4.02. The first-order valence-electron chi connectivity index (χ1n) is 5.52. The molecule has 0 radical (unpaired) electrons. The van der Waals surface area contributed by atoms with E-state index in [0.717, 1.165) is 12.5 Å². The lowest BCUT2D eigenvalue weighted by atomic mass is 9.93. The van der Waals surface area contributed by atoms with Gasteiger partial charge in [0.1, 0.15) is 5.82 Å². The molecule has 0 aliphatic rings. The molecular formula is C12H15BrFNO2. The maximum absolute atomic E-state index is 13.1. The summed E-state index contributed by atoms with van der Waals surface area (Å²) in [6, 6.07) is 3.62. The van der Waals surface area contributed by atoms with Gasteiger partial charge in [0.2, 0.25) is 0 Å². The lowest BCUT2D eigenvalue weighted by molar-refractivity contribution is -0.385. The Morgan fingerprint density at radius 1 is 1.53 bits per heavy atom. The Morgan fingerprint density at radius 3 is 2.65 bits per heavy atom. The fourth-order valence-corrected chi connectivity index (χ4v) is 2.37. The lowest BCUT2D eigenvalue weighted by Crippen LogP contribution is -2.14. The molecule has 2 atom stereocenters. The van der Waals surface area contributed by atoms with Gasteiger partial charge in [-0.05, 0) is 24.5 Å². The summed E-state index contributed by atoms with van der Waals surface area (Å²) in [5.74, 6) is -0.168. The highest BCUT2D eigenvalue weighted by molar-refractivity contribution is 9.09. The first-order chi connectivity index (χ1) is 7.95. The minimum Gasteiger partial charge on any atom is -0.258 e. The van der Waals surface area contributed by atoms with Crippen LogP contribution in [-0.2, 0) is 6.42 Å². The summed E-state index contributed by atoms with van der Waals surface area (Å²) < 4.78 is 13.1. The minimum atomic E-state index is -0.458. The van der Waals surface area contributed by atoms with Crippen molar-refractivity contribution in [3.05, 3.63) is 39.7 Å². The van der Waals surface area contributed by atoms with E-state index in [2.05, 4.69) is 15.9 Å². The molecule has 0 aliphatic heterocycles. The highest BCUT2D eigenvalue weighted by Crippen LogP contribution is 2.27. The van der Waals surface area contributed by atoms with Gasteiger partial charge in [-0.3, -0.25) is 10.1 Å². The highest BCUT2D eigenvalue weighted by atomic mass is 79.9. The monoisotopic (exact) mass is 303 g/mol. The number of hydrogen-bond acceptors (Lipinski definition) is 2. The third kappa shape index (κ3) is 3.77. The van der Waals surface area contributed by atoms with Crippen LogP contribution < -0.4 is 0 Å². The lowest BCUT2D eigenvalue weighted by Gasteiger charge is -2.17. The van der Waals surface area contributed by atoms with Crippen LogP contribution in [0.2, 0.25) is 0 Å². The predicted octanol–water partition coefficient (Wildman–Crippen LogP) is 4.09. The molecule has 0 saturated carbocycles. The molecule has 5 heteroatoms. The van der Waals surface area contributed by atoms with E-state index in [9.17, 15) is 14.5 Å². The summed E-state index contributed by atoms with van der Waals surface area (Å²) in [4.78, 5) is 10.6. The number of rotatable bonds is 5. The maximum atomic E-state index is 13.1. The van der Waals surface area contributed by atoms with Crippen molar-refractivity contribution in [2.45, 2.75) is 31.5 Å². The quantitative estimate of drug-likeness (QED) is 0.467. The molecule has 0 amide bonds. The number of halogens is 2. The van der Waals surface area contributed by atoms with Crippen molar-refractivity contribution < 1.29 is 9.31 Å². The maximum Gasteiger partial charge on any atom is 0.272 e. The Bertz CT molecular complexity index is 409. The fourth-order valence-electron chi connectivity index (χ4n) is 1.81. The van der Waals surface area contributed by atoms with Crippen LogP contribution in [0.3, 0.4) is 0 Å². The van der Waals surface area contributed by atoms with E-state index < -0.39 is 10.7 Å². The van der Waals surface area contributed by atoms with Crippen LogP contribution in [0, 0.1) is 21.8 Å². The summed E-state index contributed by atoms with van der Waals surface area (Å²) in [7, 11) is 0. The van der Waals surface area contributed by atoms with Crippen molar-refractivity contribution in [2.24, 2.45) is 5.92 Å². The van der Waals surface area contributed by atoms with Crippen LogP contribution in [-0.4, -0.2) is 9.75 Å². The van der Waals surface area contributed by atoms with Crippen molar-refractivity contribution in [1.29, 1.82) is 0 Å². The van der Waals surface area contributed by atoms with E-state index in [1.165, 1.54) is 12.1 Å². The topological polar surface area (TPSA) is 43.1 Å². The van der Waals surface area contributed by atoms with Gasteiger partial charge in [-0.25, -0.2) is 4.39 Å². The predicted molar refractivity (Wildman–Crippen MR) is 68.9 cm³/mol. The van der Waals surface area contributed by atoms with Gasteiger partial charge < -0.3 is 0 Å². The minimum absolute atomic E-state index is 0.00185. The molecule has 0 spiro atoms. The van der Waals surface area contributed by atoms with Crippen LogP contribution >= 0.6 is 15.9 Å². The van der Waals surface area contributed by atoms with Gasteiger partial charge in [-0.15, -0.1) is 0 Å². The summed E-state index contributed by atoms with van der Waals surface area (Å²) in [6.07, 6.45) is 1.40. The van der Waals surface area contributed by atoms with Crippen LogP contribution in [0.25, 0.3) is 0 Å². The van der Waals surface area contributed by atoms with Crippen molar-refractivity contribution in [3.8, 4) is 0 Å². The Morgan fingerprint density at radius 2 is 2.18 bits per heavy atom. The zero-order valence-electron chi connectivity index (χ0n) is 9.82. The number of alkyl halides is 1. The Balaban J connectivity index is 3.03. The fraction of sp³-hybridized carbons (Fsp3) is 0.500. The van der Waals surface area contributed by atoms with E-state index in [-0.39, 0.29) is 16.4 Å². The van der Waals surface area contributed by atoms with E-state index in [1.807, 2.05) is 13.8 Å². The molecule has 0 N–H and O–H groups in total. The van der Waals surface area contributed by atoms with Gasteiger partial charge in [0.05, 0.1) is 4.92 Å². The van der Waals surface area contributed by atoms with E-state index in [4.69, 9.17) is 0 Å². The second-order valence-electron chi connectivity index (χ2n) is 4.08. The number of nitrogens with zero attached hydrogens (tertiary/aromatic N) is 1. The molecule has 0 bridgehead atoms. The van der Waals surface area contributed by atoms with E-state index in [0.29, 0.717) is 12.0 Å². The summed E-state index contributed by atoms with van der Waals surface area (Å²) >= 11 is 3.48. The molecule has 1 aromatic rings. The molecule has 0 fully saturated rings. The SMILES string of the molecule is CCC(Cc1cc(F)ccc1[N+](=O)[O-])C(C)Br. The van der Waals surface area contributed by atoms with Crippen molar-refractivity contribution in [1.82, 2.24) is 0 Å². The number of nitro benzene ring substituents is 1. The van der Waals surface area contributed by atoms with Crippen molar-refractivity contribution in [2.75, 3.05) is 0 Å². The first-order valence-corrected chi connectivity index (χ1v) is 6.44. The van der Waals surface area contributed by atoms with Gasteiger partial charge >= 0.3 is 0 Å². The molecule has 94 valence electrons. The van der Waals surface area contributed by atoms with E-state index >= 15 is 0 Å². The standard InChI is InChI=1S/C12H15BrFNO2/c1-3-9(8(2)13)6-10-7-11(14)4-5-12(10)15(16)17/h4-5,7-9H,3,6H2,1-2H3. The molecule has 17 heavy (non-hydrogen) atoms. The molecule has 1 rings (SSSR count). The van der Waals surface area contributed by atoms with Crippen LogP contribution in [0.4, 0.5) is 10.1 Å².